The summed E-state index contributed by atoms with van der Waals surface area (Å²) in [5.74, 6) is 0.173. The number of nitrogens with zero attached hydrogens (tertiary/aromatic N) is 3. The Kier molecular flexibility index (Phi) is 6.09. The van der Waals surface area contributed by atoms with Gasteiger partial charge in [0.1, 0.15) is 0 Å². The molecule has 0 aromatic carbocycles. The van der Waals surface area contributed by atoms with Crippen LogP contribution in [-0.4, -0.2) is 38.4 Å². The monoisotopic (exact) mass is 429 g/mol. The van der Waals surface area contributed by atoms with E-state index in [9.17, 15) is 18.0 Å². The highest BCUT2D eigenvalue weighted by molar-refractivity contribution is 7.71. The standard InChI is InChI=1S/C16H14F3N5O2S2/c17-16(18,19)9-26-13-4-3-10(8-20-13)21-12(25)5-6-24-14(22-23-15(24)27)11-2-1-7-28-11/h1-4,7-8H,5-6,9H2,(H,21,25)(H,23,27). The molecule has 0 aliphatic carbocycles. The quantitative estimate of drug-likeness (QED) is 0.554. The number of alkyl halides is 3. The summed E-state index contributed by atoms with van der Waals surface area (Å²) in [6.45, 7) is -1.11. The molecule has 7 nitrogen and oxygen atoms in total. The van der Waals surface area contributed by atoms with E-state index < -0.39 is 12.8 Å². The normalized spacial score (nSPS) is 11.4. The maximum Gasteiger partial charge on any atom is 0.422 e. The first-order valence-corrected chi connectivity index (χ1v) is 9.25. The van der Waals surface area contributed by atoms with Crippen molar-refractivity contribution in [2.24, 2.45) is 0 Å². The van der Waals surface area contributed by atoms with Gasteiger partial charge >= 0.3 is 6.18 Å². The highest BCUT2D eigenvalue weighted by Gasteiger charge is 2.28. The zero-order valence-corrected chi connectivity index (χ0v) is 15.8. The second kappa shape index (κ2) is 8.52. The molecule has 2 N–H and O–H groups in total. The van der Waals surface area contributed by atoms with Gasteiger partial charge in [0.25, 0.3) is 0 Å². The molecule has 0 bridgehead atoms. The minimum Gasteiger partial charge on any atom is -0.468 e. The van der Waals surface area contributed by atoms with Crippen LogP contribution in [0.3, 0.4) is 0 Å². The topological polar surface area (TPSA) is 84.8 Å². The third-order valence-corrected chi connectivity index (χ3v) is 4.64. The SMILES string of the molecule is O=C(CCn1c(-c2cccs2)n[nH]c1=S)Nc1ccc(OCC(F)(F)F)nc1. The fourth-order valence-electron chi connectivity index (χ4n) is 2.25. The number of carbonyl (C=O) groups is 1. The van der Waals surface area contributed by atoms with E-state index in [1.807, 2.05) is 17.5 Å². The average molecular weight is 429 g/mol. The first-order valence-electron chi connectivity index (χ1n) is 7.96. The van der Waals surface area contributed by atoms with Crippen molar-refractivity contribution in [2.45, 2.75) is 19.1 Å². The van der Waals surface area contributed by atoms with Crippen LogP contribution in [0.25, 0.3) is 10.7 Å². The first-order chi connectivity index (χ1) is 13.3. The van der Waals surface area contributed by atoms with Gasteiger partial charge in [-0.1, -0.05) is 6.07 Å². The van der Waals surface area contributed by atoms with Gasteiger partial charge in [-0.3, -0.25) is 14.5 Å². The van der Waals surface area contributed by atoms with E-state index in [0.717, 1.165) is 4.88 Å². The number of aromatic amines is 1. The van der Waals surface area contributed by atoms with E-state index in [4.69, 9.17) is 12.2 Å². The van der Waals surface area contributed by atoms with Crippen molar-refractivity contribution in [1.29, 1.82) is 0 Å². The van der Waals surface area contributed by atoms with E-state index in [1.54, 1.807) is 4.57 Å². The summed E-state index contributed by atoms with van der Waals surface area (Å²) in [6, 6.07) is 6.46. The molecule has 3 aromatic rings. The van der Waals surface area contributed by atoms with Gasteiger partial charge in [-0.25, -0.2) is 4.98 Å². The molecule has 0 aliphatic heterocycles. The molecule has 0 aliphatic rings. The first kappa shape index (κ1) is 20.0. The van der Waals surface area contributed by atoms with E-state index in [-0.39, 0.29) is 18.2 Å². The van der Waals surface area contributed by atoms with Gasteiger partial charge in [0.15, 0.2) is 17.2 Å². The number of hydrogen-bond acceptors (Lipinski definition) is 6. The maximum atomic E-state index is 12.2. The average Bonchev–Trinajstić information content (AvgIpc) is 3.28. The molecule has 0 saturated carbocycles. The molecule has 0 saturated heterocycles. The van der Waals surface area contributed by atoms with Crippen LogP contribution in [0.5, 0.6) is 5.88 Å². The van der Waals surface area contributed by atoms with Crippen molar-refractivity contribution >= 4 is 35.1 Å². The predicted molar refractivity (Wildman–Crippen MR) is 99.8 cm³/mol. The molecule has 0 spiro atoms. The fraction of sp³-hybridized carbons (Fsp3) is 0.250. The molecule has 28 heavy (non-hydrogen) atoms. The summed E-state index contributed by atoms with van der Waals surface area (Å²) >= 11 is 6.71. The Morgan fingerprint density at radius 1 is 1.36 bits per heavy atom. The van der Waals surface area contributed by atoms with Crippen molar-refractivity contribution in [1.82, 2.24) is 19.7 Å². The number of amides is 1. The van der Waals surface area contributed by atoms with Crippen LogP contribution >= 0.6 is 23.6 Å². The molecule has 0 unspecified atom stereocenters. The second-order valence-electron chi connectivity index (χ2n) is 5.57. The summed E-state index contributed by atoms with van der Waals surface area (Å²) in [7, 11) is 0. The molecule has 3 aromatic heterocycles. The molecule has 3 heterocycles. The van der Waals surface area contributed by atoms with Crippen LogP contribution in [0.15, 0.2) is 35.8 Å². The van der Waals surface area contributed by atoms with Crippen LogP contribution in [0.2, 0.25) is 0 Å². The number of nitrogens with one attached hydrogen (secondary N) is 2. The number of halogens is 3. The summed E-state index contributed by atoms with van der Waals surface area (Å²) in [6.07, 6.45) is -3.09. The number of hydrogen-bond donors (Lipinski definition) is 2. The zero-order chi connectivity index (χ0) is 20.1. The van der Waals surface area contributed by atoms with Gasteiger partial charge in [-0.05, 0) is 29.7 Å². The molecule has 0 radical (unpaired) electrons. The Morgan fingerprint density at radius 2 is 2.18 bits per heavy atom. The van der Waals surface area contributed by atoms with E-state index in [2.05, 4.69) is 25.2 Å². The van der Waals surface area contributed by atoms with Crippen LogP contribution in [0.1, 0.15) is 6.42 Å². The van der Waals surface area contributed by atoms with Gasteiger partial charge in [0.05, 0.1) is 16.8 Å². The number of thiophene rings is 1. The smallest absolute Gasteiger partial charge is 0.422 e. The molecular formula is C16H14F3N5O2S2. The number of pyridine rings is 1. The van der Waals surface area contributed by atoms with E-state index >= 15 is 0 Å². The minimum absolute atomic E-state index is 0.124. The lowest BCUT2D eigenvalue weighted by Gasteiger charge is -2.09. The van der Waals surface area contributed by atoms with Crippen molar-refractivity contribution in [2.75, 3.05) is 11.9 Å². The van der Waals surface area contributed by atoms with Gasteiger partial charge in [-0.15, -0.1) is 11.3 Å². The van der Waals surface area contributed by atoms with Gasteiger partial charge < -0.3 is 10.1 Å². The Morgan fingerprint density at radius 3 is 2.82 bits per heavy atom. The molecule has 12 heteroatoms. The highest BCUT2D eigenvalue weighted by atomic mass is 32.1. The summed E-state index contributed by atoms with van der Waals surface area (Å²) in [4.78, 5) is 16.8. The number of H-pyrrole nitrogens is 1. The Balaban J connectivity index is 1.55. The number of aromatic nitrogens is 4. The third kappa shape index (κ3) is 5.39. The van der Waals surface area contributed by atoms with Crippen LogP contribution in [0, 0.1) is 4.77 Å². The van der Waals surface area contributed by atoms with Gasteiger partial charge in [0.2, 0.25) is 11.8 Å². The molecule has 0 fully saturated rings. The lowest BCUT2D eigenvalue weighted by molar-refractivity contribution is -0.154. The molecule has 3 rings (SSSR count). The van der Waals surface area contributed by atoms with Gasteiger partial charge in [0, 0.05) is 19.0 Å². The zero-order valence-electron chi connectivity index (χ0n) is 14.2. The number of ether oxygens (including phenoxy) is 1. The van der Waals surface area contributed by atoms with Crippen molar-refractivity contribution in [3.8, 4) is 16.6 Å². The lowest BCUT2D eigenvalue weighted by atomic mass is 10.3. The van der Waals surface area contributed by atoms with Crippen molar-refractivity contribution < 1.29 is 22.7 Å². The minimum atomic E-state index is -4.44. The lowest BCUT2D eigenvalue weighted by Crippen LogP contribution is -2.19. The predicted octanol–water partition coefficient (Wildman–Crippen LogP) is 4.03. The van der Waals surface area contributed by atoms with Crippen molar-refractivity contribution in [3.63, 3.8) is 0 Å². The second-order valence-corrected chi connectivity index (χ2v) is 6.90. The Labute approximate surface area is 166 Å². The fourth-order valence-corrected chi connectivity index (χ4v) is 3.20. The van der Waals surface area contributed by atoms with Crippen molar-refractivity contribution in [3.05, 3.63) is 40.6 Å². The Bertz CT molecular complexity index is 981. The summed E-state index contributed by atoms with van der Waals surface area (Å²) < 4.78 is 43.0. The van der Waals surface area contributed by atoms with Gasteiger partial charge in [-0.2, -0.15) is 18.3 Å². The number of carbonyl (C=O) groups excluding carboxylic acids is 1. The third-order valence-electron chi connectivity index (χ3n) is 3.47. The molecule has 148 valence electrons. The maximum absolute atomic E-state index is 12.2. The summed E-state index contributed by atoms with van der Waals surface area (Å²) in [5, 5.41) is 11.4. The number of rotatable bonds is 7. The molecule has 0 atom stereocenters. The number of anilines is 1. The molecular weight excluding hydrogens is 415 g/mol. The van der Waals surface area contributed by atoms with E-state index in [1.165, 1.54) is 29.7 Å². The van der Waals surface area contributed by atoms with Crippen LogP contribution in [-0.2, 0) is 11.3 Å². The van der Waals surface area contributed by atoms with Crippen LogP contribution in [0.4, 0.5) is 18.9 Å². The van der Waals surface area contributed by atoms with E-state index in [0.29, 0.717) is 22.8 Å². The van der Waals surface area contributed by atoms with Crippen LogP contribution < -0.4 is 10.1 Å². The summed E-state index contributed by atoms with van der Waals surface area (Å²) in [5.41, 5.74) is 0.346. The Hall–Kier alpha value is -2.73. The molecule has 1 amide bonds. The largest absolute Gasteiger partial charge is 0.468 e. The highest BCUT2D eigenvalue weighted by Crippen LogP contribution is 2.23.